The third kappa shape index (κ3) is 4.86. The average molecular weight is 320 g/mol. The van der Waals surface area contributed by atoms with Crippen LogP contribution in [-0.4, -0.2) is 57.3 Å². The van der Waals surface area contributed by atoms with E-state index in [1.54, 1.807) is 7.11 Å². The van der Waals surface area contributed by atoms with E-state index >= 15 is 0 Å². The minimum atomic E-state index is -0.428. The van der Waals surface area contributed by atoms with Crippen molar-refractivity contribution in [3.8, 4) is 5.75 Å². The monoisotopic (exact) mass is 320 g/mol. The molecule has 0 aromatic heterocycles. The number of methoxy groups -OCH3 is 1. The van der Waals surface area contributed by atoms with Gasteiger partial charge in [-0.3, -0.25) is 9.69 Å². The first-order valence-electron chi connectivity index (χ1n) is 8.19. The van der Waals surface area contributed by atoms with Crippen molar-refractivity contribution in [2.24, 2.45) is 5.41 Å². The van der Waals surface area contributed by atoms with Gasteiger partial charge < -0.3 is 14.4 Å². The summed E-state index contributed by atoms with van der Waals surface area (Å²) < 4.78 is 10.8. The van der Waals surface area contributed by atoms with Gasteiger partial charge in [0.05, 0.1) is 18.2 Å². The van der Waals surface area contributed by atoms with Gasteiger partial charge in [0.2, 0.25) is 0 Å². The highest BCUT2D eigenvalue weighted by Gasteiger charge is 2.24. The summed E-state index contributed by atoms with van der Waals surface area (Å²) in [5.74, 6) is 0.783. The van der Waals surface area contributed by atoms with E-state index in [0.29, 0.717) is 6.61 Å². The molecule has 1 aromatic carbocycles. The first kappa shape index (κ1) is 17.6. The van der Waals surface area contributed by atoms with Crippen molar-refractivity contribution in [2.45, 2.75) is 20.8 Å². The van der Waals surface area contributed by atoms with Gasteiger partial charge in [-0.1, -0.05) is 12.1 Å². The lowest BCUT2D eigenvalue weighted by molar-refractivity contribution is -0.153. The van der Waals surface area contributed by atoms with Crippen LogP contribution in [-0.2, 0) is 9.53 Å². The number of rotatable bonds is 5. The van der Waals surface area contributed by atoms with Crippen LogP contribution in [0.15, 0.2) is 24.3 Å². The number of carbonyl (C=O) groups is 1. The van der Waals surface area contributed by atoms with Crippen LogP contribution in [0, 0.1) is 5.41 Å². The highest BCUT2D eigenvalue weighted by molar-refractivity contribution is 5.75. The van der Waals surface area contributed by atoms with Gasteiger partial charge in [0.25, 0.3) is 0 Å². The Balaban J connectivity index is 1.77. The molecule has 0 bridgehead atoms. The molecule has 0 radical (unpaired) electrons. The van der Waals surface area contributed by atoms with Crippen LogP contribution in [0.5, 0.6) is 5.75 Å². The molecule has 1 aromatic rings. The zero-order valence-electron chi connectivity index (χ0n) is 14.7. The van der Waals surface area contributed by atoms with Crippen LogP contribution in [0.4, 0.5) is 5.69 Å². The van der Waals surface area contributed by atoms with Crippen LogP contribution in [0.1, 0.15) is 20.8 Å². The second-order valence-electron chi connectivity index (χ2n) is 6.89. The number of hydrogen-bond acceptors (Lipinski definition) is 5. The summed E-state index contributed by atoms with van der Waals surface area (Å²) >= 11 is 0. The molecule has 1 fully saturated rings. The number of anilines is 1. The van der Waals surface area contributed by atoms with Crippen LogP contribution in [0.25, 0.3) is 0 Å². The first-order chi connectivity index (χ1) is 10.9. The Hall–Kier alpha value is -1.75. The quantitative estimate of drug-likeness (QED) is 0.779. The fraction of sp³-hybridized carbons (Fsp3) is 0.611. The van der Waals surface area contributed by atoms with Crippen molar-refractivity contribution in [3.63, 3.8) is 0 Å². The molecule has 128 valence electrons. The lowest BCUT2D eigenvalue weighted by atomic mass is 9.97. The fourth-order valence-corrected chi connectivity index (χ4v) is 2.59. The summed E-state index contributed by atoms with van der Waals surface area (Å²) in [4.78, 5) is 16.4. The molecule has 5 nitrogen and oxygen atoms in total. The standard InChI is InChI=1S/C18H28N2O3/c1-18(2,3)17(21)23-14-13-19-9-11-20(12-10-19)15-7-5-6-8-16(15)22-4/h5-8H,9-14H2,1-4H3. The topological polar surface area (TPSA) is 42.0 Å². The molecule has 0 saturated carbocycles. The smallest absolute Gasteiger partial charge is 0.311 e. The lowest BCUT2D eigenvalue weighted by Crippen LogP contribution is -2.47. The number of piperazine rings is 1. The normalized spacial score (nSPS) is 16.3. The van der Waals surface area contributed by atoms with E-state index in [2.05, 4.69) is 15.9 Å². The molecule has 0 N–H and O–H groups in total. The van der Waals surface area contributed by atoms with E-state index in [-0.39, 0.29) is 5.97 Å². The van der Waals surface area contributed by atoms with Crippen molar-refractivity contribution in [2.75, 3.05) is 51.3 Å². The SMILES string of the molecule is COc1ccccc1N1CCN(CCOC(=O)C(C)(C)C)CC1. The summed E-state index contributed by atoms with van der Waals surface area (Å²) in [6.07, 6.45) is 0. The molecule has 0 amide bonds. The Morgan fingerprint density at radius 1 is 1.13 bits per heavy atom. The molecule has 5 heteroatoms. The molecule has 0 unspecified atom stereocenters. The maximum absolute atomic E-state index is 11.8. The Morgan fingerprint density at radius 2 is 1.78 bits per heavy atom. The van der Waals surface area contributed by atoms with Crippen molar-refractivity contribution in [1.29, 1.82) is 0 Å². The van der Waals surface area contributed by atoms with Gasteiger partial charge in [0.1, 0.15) is 12.4 Å². The van der Waals surface area contributed by atoms with E-state index in [1.807, 2.05) is 39.0 Å². The Labute approximate surface area is 139 Å². The van der Waals surface area contributed by atoms with Crippen LogP contribution >= 0.6 is 0 Å². The number of carbonyl (C=O) groups excluding carboxylic acids is 1. The minimum absolute atomic E-state index is 0.134. The van der Waals surface area contributed by atoms with Gasteiger partial charge in [-0.2, -0.15) is 0 Å². The summed E-state index contributed by atoms with van der Waals surface area (Å²) in [5.41, 5.74) is 0.719. The molecule has 0 atom stereocenters. The van der Waals surface area contributed by atoms with E-state index in [1.165, 1.54) is 0 Å². The summed E-state index contributed by atoms with van der Waals surface area (Å²) in [6, 6.07) is 8.12. The first-order valence-corrected chi connectivity index (χ1v) is 8.19. The number of esters is 1. The summed E-state index contributed by atoms with van der Waals surface area (Å²) in [6.45, 7) is 10.7. The maximum Gasteiger partial charge on any atom is 0.311 e. The van der Waals surface area contributed by atoms with Crippen molar-refractivity contribution < 1.29 is 14.3 Å². The van der Waals surface area contributed by atoms with Gasteiger partial charge in [0.15, 0.2) is 0 Å². The predicted octanol–water partition coefficient (Wildman–Crippen LogP) is 2.41. The zero-order chi connectivity index (χ0) is 16.9. The molecule has 1 aliphatic rings. The molecular weight excluding hydrogens is 292 g/mol. The number of ether oxygens (including phenoxy) is 2. The average Bonchev–Trinajstić information content (AvgIpc) is 2.54. The van der Waals surface area contributed by atoms with Crippen LogP contribution in [0.2, 0.25) is 0 Å². The summed E-state index contributed by atoms with van der Waals surface area (Å²) in [7, 11) is 1.71. The predicted molar refractivity (Wildman–Crippen MR) is 92.1 cm³/mol. The van der Waals surface area contributed by atoms with Gasteiger partial charge in [0, 0.05) is 32.7 Å². The molecule has 0 aliphatic carbocycles. The third-order valence-corrected chi connectivity index (χ3v) is 4.05. The van der Waals surface area contributed by atoms with Gasteiger partial charge in [-0.25, -0.2) is 0 Å². The molecule has 0 spiro atoms. The van der Waals surface area contributed by atoms with Gasteiger partial charge in [-0.15, -0.1) is 0 Å². The van der Waals surface area contributed by atoms with Crippen molar-refractivity contribution in [1.82, 2.24) is 4.90 Å². The number of benzene rings is 1. The Morgan fingerprint density at radius 3 is 2.39 bits per heavy atom. The number of nitrogens with zero attached hydrogens (tertiary/aromatic N) is 2. The minimum Gasteiger partial charge on any atom is -0.495 e. The molecule has 1 aliphatic heterocycles. The summed E-state index contributed by atoms with van der Waals surface area (Å²) in [5, 5.41) is 0. The van der Waals surface area contributed by atoms with Crippen molar-refractivity contribution >= 4 is 11.7 Å². The molecule has 2 rings (SSSR count). The second-order valence-corrected chi connectivity index (χ2v) is 6.89. The van der Waals surface area contributed by atoms with E-state index < -0.39 is 5.41 Å². The number of hydrogen-bond donors (Lipinski definition) is 0. The Bertz CT molecular complexity index is 517. The molecular formula is C18H28N2O3. The lowest BCUT2D eigenvalue weighted by Gasteiger charge is -2.36. The van der Waals surface area contributed by atoms with E-state index in [4.69, 9.17) is 9.47 Å². The molecule has 1 heterocycles. The van der Waals surface area contributed by atoms with Crippen molar-refractivity contribution in [3.05, 3.63) is 24.3 Å². The highest BCUT2D eigenvalue weighted by atomic mass is 16.5. The zero-order valence-corrected chi connectivity index (χ0v) is 14.7. The van der Waals surface area contributed by atoms with E-state index in [9.17, 15) is 4.79 Å². The van der Waals surface area contributed by atoms with Crippen LogP contribution < -0.4 is 9.64 Å². The van der Waals surface area contributed by atoms with Gasteiger partial charge in [-0.05, 0) is 32.9 Å². The number of para-hydroxylation sites is 2. The van der Waals surface area contributed by atoms with Crippen LogP contribution in [0.3, 0.4) is 0 Å². The third-order valence-electron chi connectivity index (χ3n) is 4.05. The highest BCUT2D eigenvalue weighted by Crippen LogP contribution is 2.28. The second kappa shape index (κ2) is 7.68. The van der Waals surface area contributed by atoms with Gasteiger partial charge >= 0.3 is 5.97 Å². The Kier molecular flexibility index (Phi) is 5.88. The van der Waals surface area contributed by atoms with E-state index in [0.717, 1.165) is 44.2 Å². The largest absolute Gasteiger partial charge is 0.495 e. The fourth-order valence-electron chi connectivity index (χ4n) is 2.59. The molecule has 1 saturated heterocycles. The molecule has 23 heavy (non-hydrogen) atoms. The maximum atomic E-state index is 11.8.